The molecule has 0 spiro atoms. The van der Waals surface area contributed by atoms with Gasteiger partial charge in [-0.15, -0.1) is 0 Å². The fourth-order valence-corrected chi connectivity index (χ4v) is 12.6. The van der Waals surface area contributed by atoms with Gasteiger partial charge in [0.25, 0.3) is 0 Å². The lowest BCUT2D eigenvalue weighted by Crippen LogP contribution is -2.45. The number of nitrogens with one attached hydrogen (secondary N) is 1. The van der Waals surface area contributed by atoms with Gasteiger partial charge >= 0.3 is 5.97 Å². The zero-order valence-corrected chi connectivity index (χ0v) is 59.0. The van der Waals surface area contributed by atoms with Crippen LogP contribution in [0, 0.1) is 0 Å². The first-order chi connectivity index (χ1) is 43.0. The predicted octanol–water partition coefficient (Wildman–Crippen LogP) is 26.2. The van der Waals surface area contributed by atoms with Crippen LogP contribution in [0.3, 0.4) is 0 Å². The van der Waals surface area contributed by atoms with Crippen molar-refractivity contribution in [2.45, 2.75) is 456 Å². The number of hydrogen-bond donors (Lipinski definition) is 3. The van der Waals surface area contributed by atoms with Crippen molar-refractivity contribution in [1.82, 2.24) is 5.32 Å². The number of rotatable bonds is 75. The molecule has 6 nitrogen and oxygen atoms in total. The van der Waals surface area contributed by atoms with Gasteiger partial charge in [0.1, 0.15) is 0 Å². The van der Waals surface area contributed by atoms with Crippen LogP contribution < -0.4 is 5.32 Å². The molecule has 0 saturated heterocycles. The summed E-state index contributed by atoms with van der Waals surface area (Å²) in [7, 11) is 0. The number of unbranched alkanes of at least 4 members (excludes halogenated alkanes) is 58. The molecule has 0 aromatic rings. The first-order valence-electron chi connectivity index (χ1n) is 39.7. The molecule has 0 fully saturated rings. The molecule has 0 aromatic carbocycles. The van der Waals surface area contributed by atoms with Crippen molar-refractivity contribution in [2.24, 2.45) is 0 Å². The maximum atomic E-state index is 12.6. The molecule has 6 heteroatoms. The predicted molar refractivity (Wildman–Crippen MR) is 384 cm³/mol. The number of allylic oxidation sites excluding steroid dienone is 6. The summed E-state index contributed by atoms with van der Waals surface area (Å²) >= 11 is 0. The van der Waals surface area contributed by atoms with E-state index in [4.69, 9.17) is 4.74 Å². The normalized spacial score (nSPS) is 12.6. The summed E-state index contributed by atoms with van der Waals surface area (Å²) in [6, 6.07) is -0.543. The van der Waals surface area contributed by atoms with Crippen LogP contribution in [-0.4, -0.2) is 47.4 Å². The lowest BCUT2D eigenvalue weighted by Gasteiger charge is -2.22. The van der Waals surface area contributed by atoms with E-state index < -0.39 is 12.1 Å². The number of amides is 1. The summed E-state index contributed by atoms with van der Waals surface area (Å²) in [6.07, 6.45) is 99.4. The van der Waals surface area contributed by atoms with E-state index in [1.165, 1.54) is 360 Å². The third kappa shape index (κ3) is 73.0. The van der Waals surface area contributed by atoms with Gasteiger partial charge in [-0.3, -0.25) is 9.59 Å². The molecule has 0 aliphatic rings. The molecule has 0 saturated carbocycles. The SMILES string of the molecule is CCCCC/C=C\C/C=C\CCCCCCCCCC(=O)OCCCCCCCCCCCCCC/C=C\CCCCCCCCCCCCCCCC(=O)NC(CO)C(O)CCCCCCCCCCCCCCCCCCCCCCCCCC. The zero-order chi connectivity index (χ0) is 62.8. The van der Waals surface area contributed by atoms with Gasteiger partial charge in [-0.05, 0) is 83.5 Å². The maximum Gasteiger partial charge on any atom is 0.305 e. The number of aliphatic hydroxyl groups excluding tert-OH is 2. The average Bonchev–Trinajstić information content (AvgIpc) is 3.57. The Morgan fingerprint density at radius 1 is 0.322 bits per heavy atom. The Labute approximate surface area is 544 Å². The average molecular weight is 1220 g/mol. The van der Waals surface area contributed by atoms with E-state index in [0.717, 1.165) is 51.4 Å². The van der Waals surface area contributed by atoms with Crippen molar-refractivity contribution < 1.29 is 24.5 Å². The van der Waals surface area contributed by atoms with E-state index in [1.54, 1.807) is 0 Å². The van der Waals surface area contributed by atoms with Gasteiger partial charge in [0.2, 0.25) is 5.91 Å². The first-order valence-corrected chi connectivity index (χ1v) is 39.7. The van der Waals surface area contributed by atoms with E-state index in [1.807, 2.05) is 0 Å². The number of carbonyl (C=O) groups is 2. The van der Waals surface area contributed by atoms with E-state index in [9.17, 15) is 19.8 Å². The van der Waals surface area contributed by atoms with Crippen LogP contribution in [0.5, 0.6) is 0 Å². The molecule has 2 atom stereocenters. The van der Waals surface area contributed by atoms with E-state index >= 15 is 0 Å². The second kappa shape index (κ2) is 76.5. The molecule has 0 aliphatic heterocycles. The lowest BCUT2D eigenvalue weighted by atomic mass is 10.0. The molecule has 1 amide bonds. The standard InChI is InChI=1S/C81H155NO5/c1-3-5-7-9-11-13-15-17-19-21-22-23-24-32-35-38-42-45-49-53-57-61-65-69-73-79(84)78(77-83)82-80(85)74-70-66-62-58-54-50-46-43-39-36-33-30-28-26-25-27-29-31-34-37-40-44-48-52-56-60-64-68-72-76-87-81(86)75-71-67-63-59-55-51-47-41-20-18-16-14-12-10-8-6-4-2/h12,14,18,20,25,27,78-79,83-84H,3-11,13,15-17,19,21-24,26,28-77H2,1-2H3,(H,82,85)/b14-12-,20-18-,27-25-. The van der Waals surface area contributed by atoms with Crippen LogP contribution in [-0.2, 0) is 14.3 Å². The van der Waals surface area contributed by atoms with Gasteiger partial charge in [-0.25, -0.2) is 0 Å². The van der Waals surface area contributed by atoms with Crippen LogP contribution in [0.1, 0.15) is 444 Å². The molecule has 0 aliphatic carbocycles. The monoisotopic (exact) mass is 1220 g/mol. The highest BCUT2D eigenvalue weighted by Crippen LogP contribution is 2.20. The molecule has 0 rings (SSSR count). The highest BCUT2D eigenvalue weighted by molar-refractivity contribution is 5.76. The molecule has 3 N–H and O–H groups in total. The van der Waals surface area contributed by atoms with Crippen LogP contribution in [0.15, 0.2) is 36.5 Å². The Balaban J connectivity index is 3.37. The minimum atomic E-state index is -0.666. The smallest absolute Gasteiger partial charge is 0.305 e. The Bertz CT molecular complexity index is 1410. The summed E-state index contributed by atoms with van der Waals surface area (Å²) in [5, 5.41) is 23.5. The van der Waals surface area contributed by atoms with Crippen molar-refractivity contribution >= 4 is 11.9 Å². The maximum absolute atomic E-state index is 12.6. The number of carbonyl (C=O) groups excluding carboxylic acids is 2. The van der Waals surface area contributed by atoms with Crippen LogP contribution in [0.2, 0.25) is 0 Å². The fourth-order valence-electron chi connectivity index (χ4n) is 12.6. The minimum Gasteiger partial charge on any atom is -0.466 e. The summed E-state index contributed by atoms with van der Waals surface area (Å²) in [5.41, 5.74) is 0. The summed E-state index contributed by atoms with van der Waals surface area (Å²) < 4.78 is 5.50. The highest BCUT2D eigenvalue weighted by Gasteiger charge is 2.20. The summed E-state index contributed by atoms with van der Waals surface area (Å²) in [6.45, 7) is 4.97. The van der Waals surface area contributed by atoms with Crippen molar-refractivity contribution in [3.8, 4) is 0 Å². The van der Waals surface area contributed by atoms with Gasteiger partial charge in [0.05, 0.1) is 25.4 Å². The number of esters is 1. The zero-order valence-electron chi connectivity index (χ0n) is 59.0. The quantitative estimate of drug-likeness (QED) is 0.0320. The molecule has 2 unspecified atom stereocenters. The molecule has 87 heavy (non-hydrogen) atoms. The topological polar surface area (TPSA) is 95.9 Å². The first kappa shape index (κ1) is 85.1. The molecular weight excluding hydrogens is 1070 g/mol. The largest absolute Gasteiger partial charge is 0.466 e. The molecule has 0 heterocycles. The Hall–Kier alpha value is -1.92. The summed E-state index contributed by atoms with van der Waals surface area (Å²) in [5.74, 6) is -0.0193. The molecule has 514 valence electrons. The fraction of sp³-hybridized carbons (Fsp3) is 0.901. The van der Waals surface area contributed by atoms with E-state index in [-0.39, 0.29) is 18.5 Å². The van der Waals surface area contributed by atoms with Gasteiger partial charge in [-0.2, -0.15) is 0 Å². The van der Waals surface area contributed by atoms with E-state index in [2.05, 4.69) is 55.6 Å². The molecule has 0 radical (unpaired) electrons. The van der Waals surface area contributed by atoms with Crippen LogP contribution in [0.4, 0.5) is 0 Å². The lowest BCUT2D eigenvalue weighted by molar-refractivity contribution is -0.143. The van der Waals surface area contributed by atoms with Crippen molar-refractivity contribution in [3.63, 3.8) is 0 Å². The van der Waals surface area contributed by atoms with Crippen molar-refractivity contribution in [2.75, 3.05) is 13.2 Å². The van der Waals surface area contributed by atoms with Crippen LogP contribution >= 0.6 is 0 Å². The van der Waals surface area contributed by atoms with Gasteiger partial charge in [0.15, 0.2) is 0 Å². The van der Waals surface area contributed by atoms with Crippen molar-refractivity contribution in [3.05, 3.63) is 36.5 Å². The third-order valence-corrected chi connectivity index (χ3v) is 18.7. The number of ether oxygens (including phenoxy) is 1. The Morgan fingerprint density at radius 2 is 0.575 bits per heavy atom. The van der Waals surface area contributed by atoms with Gasteiger partial charge < -0.3 is 20.3 Å². The molecule has 0 bridgehead atoms. The van der Waals surface area contributed by atoms with E-state index in [0.29, 0.717) is 25.9 Å². The third-order valence-electron chi connectivity index (χ3n) is 18.7. The highest BCUT2D eigenvalue weighted by atomic mass is 16.5. The minimum absolute atomic E-state index is 0.00959. The summed E-state index contributed by atoms with van der Waals surface area (Å²) in [4.78, 5) is 24.7. The Morgan fingerprint density at radius 3 is 0.908 bits per heavy atom. The second-order valence-electron chi connectivity index (χ2n) is 27.4. The molecular formula is C81H155NO5. The van der Waals surface area contributed by atoms with Crippen molar-refractivity contribution in [1.29, 1.82) is 0 Å². The van der Waals surface area contributed by atoms with Gasteiger partial charge in [-0.1, -0.05) is 384 Å². The molecule has 0 aromatic heterocycles. The Kier molecular flexibility index (Phi) is 74.8. The van der Waals surface area contributed by atoms with Crippen LogP contribution in [0.25, 0.3) is 0 Å². The number of hydrogen-bond acceptors (Lipinski definition) is 5. The van der Waals surface area contributed by atoms with Gasteiger partial charge in [0, 0.05) is 12.8 Å². The number of aliphatic hydroxyl groups is 2. The second-order valence-corrected chi connectivity index (χ2v) is 27.4.